The third-order valence-electron chi connectivity index (χ3n) is 3.41. The number of hydrogen-bond acceptors (Lipinski definition) is 1. The molecule has 1 aliphatic rings. The zero-order chi connectivity index (χ0) is 13.1. The van der Waals surface area contributed by atoms with E-state index < -0.39 is 0 Å². The summed E-state index contributed by atoms with van der Waals surface area (Å²) in [6.45, 7) is 7.44. The summed E-state index contributed by atoms with van der Waals surface area (Å²) < 4.78 is 0. The first kappa shape index (κ1) is 13.3. The molecule has 3 heteroatoms. The van der Waals surface area contributed by atoms with Crippen LogP contribution in [0.3, 0.4) is 0 Å². The Bertz CT molecular complexity index is 427. The van der Waals surface area contributed by atoms with Crippen molar-refractivity contribution in [2.24, 2.45) is 0 Å². The molecule has 1 aromatic carbocycles. The van der Waals surface area contributed by atoms with E-state index in [2.05, 4.69) is 43.5 Å². The Balaban J connectivity index is 1.84. The Morgan fingerprint density at radius 1 is 1.22 bits per heavy atom. The molecular weight excluding hydrogens is 240 g/mol. The Morgan fingerprint density at radius 3 is 2.39 bits per heavy atom. The molecule has 0 saturated heterocycles. The van der Waals surface area contributed by atoms with Gasteiger partial charge in [0.25, 0.3) is 0 Å². The summed E-state index contributed by atoms with van der Waals surface area (Å²) >= 11 is 5.25. The number of rotatable bonds is 4. The predicted octanol–water partition coefficient (Wildman–Crippen LogP) is 2.78. The van der Waals surface area contributed by atoms with Crippen LogP contribution in [0.4, 0.5) is 0 Å². The van der Waals surface area contributed by atoms with E-state index in [9.17, 15) is 0 Å². The Morgan fingerprint density at radius 2 is 1.83 bits per heavy atom. The molecule has 18 heavy (non-hydrogen) atoms. The van der Waals surface area contributed by atoms with Crippen molar-refractivity contribution in [1.29, 1.82) is 0 Å². The molecule has 0 aliphatic heterocycles. The minimum atomic E-state index is 0.632. The van der Waals surface area contributed by atoms with Crippen molar-refractivity contribution < 1.29 is 0 Å². The first-order valence-electron chi connectivity index (χ1n) is 6.67. The molecule has 1 saturated carbocycles. The van der Waals surface area contributed by atoms with Crippen LogP contribution in [0.2, 0.25) is 0 Å². The average molecular weight is 262 g/mol. The van der Waals surface area contributed by atoms with Crippen LogP contribution < -0.4 is 10.6 Å². The molecule has 0 unspecified atom stereocenters. The van der Waals surface area contributed by atoms with Gasteiger partial charge in [-0.25, -0.2) is 0 Å². The van der Waals surface area contributed by atoms with E-state index in [1.54, 1.807) is 0 Å². The number of aryl methyl sites for hydroxylation is 3. The first-order valence-corrected chi connectivity index (χ1v) is 7.08. The normalized spacial score (nSPS) is 14.4. The maximum atomic E-state index is 5.25. The van der Waals surface area contributed by atoms with Gasteiger partial charge in [-0.05, 0) is 68.9 Å². The van der Waals surface area contributed by atoms with Crippen molar-refractivity contribution in [3.8, 4) is 0 Å². The second kappa shape index (κ2) is 5.70. The summed E-state index contributed by atoms with van der Waals surface area (Å²) in [5.74, 6) is 0. The highest BCUT2D eigenvalue weighted by atomic mass is 32.1. The van der Waals surface area contributed by atoms with E-state index in [-0.39, 0.29) is 0 Å². The highest BCUT2D eigenvalue weighted by molar-refractivity contribution is 7.80. The van der Waals surface area contributed by atoms with Crippen LogP contribution in [-0.2, 0) is 6.42 Å². The maximum Gasteiger partial charge on any atom is 0.166 e. The van der Waals surface area contributed by atoms with Crippen LogP contribution in [0, 0.1) is 20.8 Å². The van der Waals surface area contributed by atoms with E-state index in [0.717, 1.165) is 18.1 Å². The lowest BCUT2D eigenvalue weighted by Crippen LogP contribution is -2.37. The largest absolute Gasteiger partial charge is 0.362 e. The molecule has 0 radical (unpaired) electrons. The summed E-state index contributed by atoms with van der Waals surface area (Å²) in [5, 5.41) is 7.40. The minimum absolute atomic E-state index is 0.632. The van der Waals surface area contributed by atoms with Crippen LogP contribution in [-0.4, -0.2) is 17.7 Å². The van der Waals surface area contributed by atoms with Crippen molar-refractivity contribution in [2.45, 2.75) is 46.1 Å². The number of benzene rings is 1. The lowest BCUT2D eigenvalue weighted by molar-refractivity contribution is 0.806. The zero-order valence-corrected chi connectivity index (χ0v) is 12.3. The summed E-state index contributed by atoms with van der Waals surface area (Å²) in [4.78, 5) is 0. The SMILES string of the molecule is Cc1cc(C)c(CCNC(=S)NC2CC2)c(C)c1. The fourth-order valence-corrected chi connectivity index (χ4v) is 2.64. The molecule has 0 heterocycles. The molecule has 1 aliphatic carbocycles. The Labute approximate surface area is 115 Å². The third-order valence-corrected chi connectivity index (χ3v) is 3.68. The topological polar surface area (TPSA) is 24.1 Å². The molecule has 0 aromatic heterocycles. The maximum absolute atomic E-state index is 5.25. The van der Waals surface area contributed by atoms with Gasteiger partial charge in [0.05, 0.1) is 0 Å². The average Bonchev–Trinajstić information content (AvgIpc) is 3.05. The van der Waals surface area contributed by atoms with Gasteiger partial charge in [-0.3, -0.25) is 0 Å². The van der Waals surface area contributed by atoms with Gasteiger partial charge in [0.15, 0.2) is 5.11 Å². The molecule has 1 aromatic rings. The van der Waals surface area contributed by atoms with E-state index in [1.807, 2.05) is 0 Å². The molecule has 2 nitrogen and oxygen atoms in total. The van der Waals surface area contributed by atoms with Gasteiger partial charge < -0.3 is 10.6 Å². The number of hydrogen-bond donors (Lipinski definition) is 2. The molecule has 0 bridgehead atoms. The van der Waals surface area contributed by atoms with Gasteiger partial charge in [0, 0.05) is 12.6 Å². The summed E-state index contributed by atoms with van der Waals surface area (Å²) in [7, 11) is 0. The minimum Gasteiger partial charge on any atom is -0.362 e. The number of thiocarbonyl (C=S) groups is 1. The second-order valence-electron chi connectivity index (χ2n) is 5.30. The van der Waals surface area contributed by atoms with Crippen LogP contribution in [0.25, 0.3) is 0 Å². The van der Waals surface area contributed by atoms with E-state index in [4.69, 9.17) is 12.2 Å². The van der Waals surface area contributed by atoms with Crippen molar-refractivity contribution >= 4 is 17.3 Å². The van der Waals surface area contributed by atoms with Crippen molar-refractivity contribution in [2.75, 3.05) is 6.54 Å². The molecule has 0 atom stereocenters. The van der Waals surface area contributed by atoms with E-state index in [0.29, 0.717) is 6.04 Å². The van der Waals surface area contributed by atoms with Crippen molar-refractivity contribution in [3.63, 3.8) is 0 Å². The quantitative estimate of drug-likeness (QED) is 0.816. The van der Waals surface area contributed by atoms with Gasteiger partial charge in [-0.2, -0.15) is 0 Å². The molecule has 2 rings (SSSR count). The summed E-state index contributed by atoms with van der Waals surface area (Å²) in [5.41, 5.74) is 5.56. The fourth-order valence-electron chi connectivity index (χ4n) is 2.37. The molecule has 2 N–H and O–H groups in total. The summed E-state index contributed by atoms with van der Waals surface area (Å²) in [6, 6.07) is 5.14. The van der Waals surface area contributed by atoms with Gasteiger partial charge in [0.1, 0.15) is 0 Å². The summed E-state index contributed by atoms with van der Waals surface area (Å²) in [6.07, 6.45) is 3.56. The smallest absolute Gasteiger partial charge is 0.166 e. The molecular formula is C15H22N2S. The highest BCUT2D eigenvalue weighted by Crippen LogP contribution is 2.18. The van der Waals surface area contributed by atoms with Crippen molar-refractivity contribution in [3.05, 3.63) is 34.4 Å². The molecule has 0 spiro atoms. The predicted molar refractivity (Wildman–Crippen MR) is 81.1 cm³/mol. The van der Waals surface area contributed by atoms with Gasteiger partial charge in [0.2, 0.25) is 0 Å². The zero-order valence-electron chi connectivity index (χ0n) is 11.5. The second-order valence-corrected chi connectivity index (χ2v) is 5.71. The molecule has 0 amide bonds. The first-order chi connectivity index (χ1) is 8.56. The standard InChI is InChI=1S/C15H22N2S/c1-10-8-11(2)14(12(3)9-10)6-7-16-15(18)17-13-4-5-13/h8-9,13H,4-7H2,1-3H3,(H2,16,17,18). The number of nitrogens with one attached hydrogen (secondary N) is 2. The monoisotopic (exact) mass is 262 g/mol. The fraction of sp³-hybridized carbons (Fsp3) is 0.533. The lowest BCUT2D eigenvalue weighted by atomic mass is 9.97. The van der Waals surface area contributed by atoms with E-state index >= 15 is 0 Å². The van der Waals surface area contributed by atoms with Crippen LogP contribution in [0.5, 0.6) is 0 Å². The third kappa shape index (κ3) is 3.70. The molecule has 98 valence electrons. The Kier molecular flexibility index (Phi) is 4.23. The van der Waals surface area contributed by atoms with E-state index in [1.165, 1.54) is 35.1 Å². The Hall–Kier alpha value is -1.09. The van der Waals surface area contributed by atoms with Gasteiger partial charge >= 0.3 is 0 Å². The highest BCUT2D eigenvalue weighted by Gasteiger charge is 2.21. The van der Waals surface area contributed by atoms with Crippen LogP contribution in [0.15, 0.2) is 12.1 Å². The lowest BCUT2D eigenvalue weighted by Gasteiger charge is -2.13. The van der Waals surface area contributed by atoms with Crippen LogP contribution in [0.1, 0.15) is 35.1 Å². The van der Waals surface area contributed by atoms with Gasteiger partial charge in [-0.1, -0.05) is 17.7 Å². The van der Waals surface area contributed by atoms with Crippen LogP contribution >= 0.6 is 12.2 Å². The van der Waals surface area contributed by atoms with Gasteiger partial charge in [-0.15, -0.1) is 0 Å². The van der Waals surface area contributed by atoms with Crippen molar-refractivity contribution in [1.82, 2.24) is 10.6 Å². The molecule has 1 fully saturated rings.